The van der Waals surface area contributed by atoms with Crippen LogP contribution in [0.1, 0.15) is 53.4 Å². The summed E-state index contributed by atoms with van der Waals surface area (Å²) in [6.07, 6.45) is 3.50. The molecule has 0 saturated carbocycles. The Morgan fingerprint density at radius 2 is 2.25 bits per heavy atom. The molecule has 0 radical (unpaired) electrons. The van der Waals surface area contributed by atoms with Crippen LogP contribution in [0.4, 0.5) is 0 Å². The van der Waals surface area contributed by atoms with Crippen molar-refractivity contribution in [2.45, 2.75) is 39.3 Å². The quantitative estimate of drug-likeness (QED) is 0.914. The van der Waals surface area contributed by atoms with Gasteiger partial charge in [0.05, 0.1) is 17.2 Å². The Morgan fingerprint density at radius 1 is 1.42 bits per heavy atom. The molecule has 0 spiro atoms. The van der Waals surface area contributed by atoms with Crippen LogP contribution in [0, 0.1) is 6.92 Å². The zero-order chi connectivity index (χ0) is 17.1. The zero-order valence-corrected chi connectivity index (χ0v) is 14.5. The number of thiazole rings is 1. The molecule has 1 aliphatic heterocycles. The molecule has 1 saturated heterocycles. The molecule has 3 rings (SSSR count). The summed E-state index contributed by atoms with van der Waals surface area (Å²) in [5, 5.41) is 4.55. The van der Waals surface area contributed by atoms with Crippen LogP contribution < -0.4 is 5.32 Å². The molecule has 3 heterocycles. The maximum atomic E-state index is 12.7. The van der Waals surface area contributed by atoms with Crippen molar-refractivity contribution in [3.05, 3.63) is 39.9 Å². The van der Waals surface area contributed by atoms with Crippen LogP contribution in [-0.2, 0) is 11.3 Å². The molecule has 1 atom stereocenters. The second-order valence-electron chi connectivity index (χ2n) is 5.77. The first-order chi connectivity index (χ1) is 11.6. The third kappa shape index (κ3) is 3.43. The summed E-state index contributed by atoms with van der Waals surface area (Å²) in [7, 11) is 0. The molecule has 126 valence electrons. The fraction of sp³-hybridized carbons (Fsp3) is 0.438. The van der Waals surface area contributed by atoms with Crippen molar-refractivity contribution >= 4 is 23.2 Å². The van der Waals surface area contributed by atoms with Gasteiger partial charge in [0.25, 0.3) is 5.91 Å². The lowest BCUT2D eigenvalue weighted by Crippen LogP contribution is -2.32. The Hall–Kier alpha value is -2.35. The highest BCUT2D eigenvalue weighted by atomic mass is 32.1. The van der Waals surface area contributed by atoms with E-state index in [9.17, 15) is 9.59 Å². The SMILES string of the molecule is CC(=O)NCc1cnc(C)nc1C1CCCN1C(=O)c1cscn1. The standard InChI is InChI=1S/C16H19N5O2S/c1-10-17-6-12(7-18-11(2)22)15(20-10)14-4-3-5-21(14)16(23)13-8-24-9-19-13/h6,8-9,14H,3-5,7H2,1-2H3,(H,18,22). The first-order valence-electron chi connectivity index (χ1n) is 7.82. The molecule has 0 aromatic carbocycles. The van der Waals surface area contributed by atoms with Crippen LogP contribution in [0.25, 0.3) is 0 Å². The molecular formula is C16H19N5O2S. The average molecular weight is 345 g/mol. The number of hydrogen-bond donors (Lipinski definition) is 1. The number of likely N-dealkylation sites (tertiary alicyclic amines) is 1. The van der Waals surface area contributed by atoms with E-state index in [-0.39, 0.29) is 17.9 Å². The van der Waals surface area contributed by atoms with E-state index in [1.807, 2.05) is 11.8 Å². The fourth-order valence-electron chi connectivity index (χ4n) is 2.92. The van der Waals surface area contributed by atoms with Gasteiger partial charge in [0.1, 0.15) is 11.5 Å². The third-order valence-corrected chi connectivity index (χ3v) is 4.61. The maximum absolute atomic E-state index is 12.7. The van der Waals surface area contributed by atoms with Gasteiger partial charge in [-0.05, 0) is 19.8 Å². The number of carbonyl (C=O) groups is 2. The van der Waals surface area contributed by atoms with E-state index in [2.05, 4.69) is 20.3 Å². The molecule has 7 nitrogen and oxygen atoms in total. The Labute approximate surface area is 144 Å². The highest BCUT2D eigenvalue weighted by molar-refractivity contribution is 7.07. The minimum absolute atomic E-state index is 0.0690. The number of hydrogen-bond acceptors (Lipinski definition) is 6. The second kappa shape index (κ2) is 7.04. The van der Waals surface area contributed by atoms with Gasteiger partial charge in [-0.15, -0.1) is 11.3 Å². The number of amides is 2. The lowest BCUT2D eigenvalue weighted by Gasteiger charge is -2.25. The summed E-state index contributed by atoms with van der Waals surface area (Å²) in [5.41, 5.74) is 3.80. The normalized spacial score (nSPS) is 17.1. The summed E-state index contributed by atoms with van der Waals surface area (Å²) in [4.78, 5) is 38.7. The highest BCUT2D eigenvalue weighted by Crippen LogP contribution is 2.33. The van der Waals surface area contributed by atoms with Gasteiger partial charge in [-0.2, -0.15) is 0 Å². The largest absolute Gasteiger partial charge is 0.352 e. The molecule has 2 aromatic heterocycles. The molecule has 1 aliphatic rings. The molecule has 0 aliphatic carbocycles. The number of rotatable bonds is 4. The summed E-state index contributed by atoms with van der Waals surface area (Å²) < 4.78 is 0. The molecule has 1 unspecified atom stereocenters. The lowest BCUT2D eigenvalue weighted by atomic mass is 10.1. The zero-order valence-electron chi connectivity index (χ0n) is 13.7. The van der Waals surface area contributed by atoms with Gasteiger partial charge >= 0.3 is 0 Å². The summed E-state index contributed by atoms with van der Waals surface area (Å²) >= 11 is 1.41. The predicted octanol–water partition coefficient (Wildman–Crippen LogP) is 1.85. The minimum atomic E-state index is -0.108. The van der Waals surface area contributed by atoms with E-state index < -0.39 is 0 Å². The molecule has 24 heavy (non-hydrogen) atoms. The number of aromatic nitrogens is 3. The van der Waals surface area contributed by atoms with Crippen molar-refractivity contribution in [1.29, 1.82) is 0 Å². The highest BCUT2D eigenvalue weighted by Gasteiger charge is 2.33. The van der Waals surface area contributed by atoms with Gasteiger partial charge in [-0.25, -0.2) is 15.0 Å². The minimum Gasteiger partial charge on any atom is -0.352 e. The number of carbonyl (C=O) groups excluding carboxylic acids is 2. The molecule has 2 amide bonds. The Kier molecular flexibility index (Phi) is 4.84. The molecule has 2 aromatic rings. The van der Waals surface area contributed by atoms with Gasteiger partial charge in [-0.3, -0.25) is 9.59 Å². The van der Waals surface area contributed by atoms with Crippen LogP contribution in [0.2, 0.25) is 0 Å². The molecule has 8 heteroatoms. The van der Waals surface area contributed by atoms with Crippen molar-refractivity contribution in [3.8, 4) is 0 Å². The van der Waals surface area contributed by atoms with Crippen molar-refractivity contribution in [1.82, 2.24) is 25.2 Å². The summed E-state index contributed by atoms with van der Waals surface area (Å²) in [5.74, 6) is 0.480. The Morgan fingerprint density at radius 3 is 2.96 bits per heavy atom. The van der Waals surface area contributed by atoms with E-state index in [0.29, 0.717) is 24.6 Å². The van der Waals surface area contributed by atoms with Gasteiger partial charge in [0, 0.05) is 37.2 Å². The van der Waals surface area contributed by atoms with Gasteiger partial charge < -0.3 is 10.2 Å². The summed E-state index contributed by atoms with van der Waals surface area (Å²) in [6, 6.07) is -0.107. The fourth-order valence-corrected chi connectivity index (χ4v) is 3.44. The topological polar surface area (TPSA) is 88.1 Å². The van der Waals surface area contributed by atoms with Crippen LogP contribution in [0.5, 0.6) is 0 Å². The van der Waals surface area contributed by atoms with E-state index in [0.717, 1.165) is 24.1 Å². The Bertz CT molecular complexity index is 747. The third-order valence-electron chi connectivity index (χ3n) is 4.03. The second-order valence-corrected chi connectivity index (χ2v) is 6.49. The average Bonchev–Trinajstić information content (AvgIpc) is 3.24. The molecule has 0 bridgehead atoms. The van der Waals surface area contributed by atoms with Gasteiger partial charge in [0.15, 0.2) is 0 Å². The van der Waals surface area contributed by atoms with Crippen LogP contribution in [0.3, 0.4) is 0 Å². The van der Waals surface area contributed by atoms with E-state index in [1.54, 1.807) is 17.1 Å². The monoisotopic (exact) mass is 345 g/mol. The maximum Gasteiger partial charge on any atom is 0.273 e. The van der Waals surface area contributed by atoms with Gasteiger partial charge in [0.2, 0.25) is 5.91 Å². The molecule has 1 N–H and O–H groups in total. The molecular weight excluding hydrogens is 326 g/mol. The lowest BCUT2D eigenvalue weighted by molar-refractivity contribution is -0.119. The number of nitrogens with zero attached hydrogens (tertiary/aromatic N) is 4. The van der Waals surface area contributed by atoms with E-state index in [1.165, 1.54) is 18.3 Å². The van der Waals surface area contributed by atoms with Crippen LogP contribution in [0.15, 0.2) is 17.1 Å². The van der Waals surface area contributed by atoms with Gasteiger partial charge in [-0.1, -0.05) is 0 Å². The number of nitrogens with one attached hydrogen (secondary N) is 1. The molecule has 1 fully saturated rings. The first kappa shape index (κ1) is 16.5. The van der Waals surface area contributed by atoms with E-state index in [4.69, 9.17) is 0 Å². The van der Waals surface area contributed by atoms with Crippen molar-refractivity contribution < 1.29 is 9.59 Å². The first-order valence-corrected chi connectivity index (χ1v) is 8.76. The van der Waals surface area contributed by atoms with Crippen molar-refractivity contribution in [2.75, 3.05) is 6.54 Å². The number of aryl methyl sites for hydroxylation is 1. The van der Waals surface area contributed by atoms with Crippen molar-refractivity contribution in [2.24, 2.45) is 0 Å². The summed E-state index contributed by atoms with van der Waals surface area (Å²) in [6.45, 7) is 4.35. The smallest absolute Gasteiger partial charge is 0.273 e. The predicted molar refractivity (Wildman–Crippen MR) is 89.4 cm³/mol. The Balaban J connectivity index is 1.90. The van der Waals surface area contributed by atoms with E-state index >= 15 is 0 Å². The van der Waals surface area contributed by atoms with Crippen molar-refractivity contribution in [3.63, 3.8) is 0 Å². The van der Waals surface area contributed by atoms with Crippen LogP contribution in [-0.4, -0.2) is 38.2 Å². The van der Waals surface area contributed by atoms with Crippen LogP contribution >= 0.6 is 11.3 Å².